The van der Waals surface area contributed by atoms with Gasteiger partial charge in [-0.25, -0.2) is 4.39 Å². The Hall–Kier alpha value is -1.09. The van der Waals surface area contributed by atoms with E-state index in [9.17, 15) is 4.39 Å². The number of halogens is 1. The van der Waals surface area contributed by atoms with Crippen LogP contribution in [0.2, 0.25) is 0 Å². The number of hydrogen-bond acceptors (Lipinski definition) is 2. The monoisotopic (exact) mass is 195 g/mol. The highest BCUT2D eigenvalue weighted by atomic mass is 19.1. The summed E-state index contributed by atoms with van der Waals surface area (Å²) in [5, 5.41) is 3.17. The maximum absolute atomic E-state index is 13.0. The van der Waals surface area contributed by atoms with Gasteiger partial charge >= 0.3 is 0 Å². The van der Waals surface area contributed by atoms with Gasteiger partial charge in [-0.2, -0.15) is 0 Å². The molecule has 0 amide bonds. The molecule has 2 rings (SSSR count). The van der Waals surface area contributed by atoms with Gasteiger partial charge in [0.2, 0.25) is 0 Å². The van der Waals surface area contributed by atoms with Crippen LogP contribution in [0.4, 0.5) is 4.39 Å². The van der Waals surface area contributed by atoms with Gasteiger partial charge in [-0.05, 0) is 24.6 Å². The Kier molecular flexibility index (Phi) is 2.68. The summed E-state index contributed by atoms with van der Waals surface area (Å²) in [4.78, 5) is 0. The van der Waals surface area contributed by atoms with E-state index in [-0.39, 0.29) is 5.82 Å². The van der Waals surface area contributed by atoms with Crippen molar-refractivity contribution in [1.29, 1.82) is 0 Å². The Morgan fingerprint density at radius 2 is 2.21 bits per heavy atom. The van der Waals surface area contributed by atoms with Gasteiger partial charge in [0.05, 0.1) is 6.61 Å². The van der Waals surface area contributed by atoms with Crippen molar-refractivity contribution in [2.45, 2.75) is 6.92 Å². The summed E-state index contributed by atoms with van der Waals surface area (Å²) in [5.74, 6) is 0.986. The molecule has 0 saturated carbocycles. The minimum Gasteiger partial charge on any atom is -0.493 e. The van der Waals surface area contributed by atoms with E-state index in [1.807, 2.05) is 13.0 Å². The normalized spacial score (nSPS) is 16.4. The van der Waals surface area contributed by atoms with Crippen molar-refractivity contribution < 1.29 is 9.13 Å². The van der Waals surface area contributed by atoms with Crippen LogP contribution in [0, 0.1) is 18.7 Å². The summed E-state index contributed by atoms with van der Waals surface area (Å²) in [6.45, 7) is 4.55. The molecular weight excluding hydrogens is 181 g/mol. The number of benzene rings is 1. The molecule has 0 radical (unpaired) electrons. The van der Waals surface area contributed by atoms with Crippen LogP contribution in [0.3, 0.4) is 0 Å². The van der Waals surface area contributed by atoms with E-state index < -0.39 is 0 Å². The zero-order chi connectivity index (χ0) is 9.97. The van der Waals surface area contributed by atoms with E-state index in [0.717, 1.165) is 18.7 Å². The molecule has 0 spiro atoms. The van der Waals surface area contributed by atoms with Crippen molar-refractivity contribution in [3.05, 3.63) is 29.6 Å². The molecule has 3 heteroatoms. The van der Waals surface area contributed by atoms with Gasteiger partial charge in [-0.1, -0.05) is 0 Å². The lowest BCUT2D eigenvalue weighted by atomic mass is 10.1. The van der Waals surface area contributed by atoms with Crippen LogP contribution >= 0.6 is 0 Å². The molecule has 1 heterocycles. The highest BCUT2D eigenvalue weighted by Crippen LogP contribution is 2.17. The Morgan fingerprint density at radius 3 is 2.79 bits per heavy atom. The zero-order valence-corrected chi connectivity index (χ0v) is 8.22. The lowest BCUT2D eigenvalue weighted by molar-refractivity contribution is 0.198. The third-order valence-corrected chi connectivity index (χ3v) is 2.37. The molecule has 2 nitrogen and oxygen atoms in total. The fourth-order valence-electron chi connectivity index (χ4n) is 1.47. The largest absolute Gasteiger partial charge is 0.493 e. The van der Waals surface area contributed by atoms with Crippen molar-refractivity contribution in [2.75, 3.05) is 19.7 Å². The molecular formula is C11H14FNO. The van der Waals surface area contributed by atoms with Gasteiger partial charge in [-0.3, -0.25) is 0 Å². The SMILES string of the molecule is Cc1cc(F)cc(OCC2CNC2)c1. The lowest BCUT2D eigenvalue weighted by Crippen LogP contribution is -2.45. The zero-order valence-electron chi connectivity index (χ0n) is 8.22. The average molecular weight is 195 g/mol. The second kappa shape index (κ2) is 3.96. The number of ether oxygens (including phenoxy) is 1. The van der Waals surface area contributed by atoms with E-state index in [0.29, 0.717) is 18.3 Å². The van der Waals surface area contributed by atoms with Crippen molar-refractivity contribution >= 4 is 0 Å². The summed E-state index contributed by atoms with van der Waals surface area (Å²) in [7, 11) is 0. The van der Waals surface area contributed by atoms with Crippen molar-refractivity contribution in [1.82, 2.24) is 5.32 Å². The van der Waals surface area contributed by atoms with Gasteiger partial charge in [0.25, 0.3) is 0 Å². The molecule has 14 heavy (non-hydrogen) atoms. The predicted octanol–water partition coefficient (Wildman–Crippen LogP) is 1.73. The maximum Gasteiger partial charge on any atom is 0.127 e. The molecule has 0 aliphatic carbocycles. The van der Waals surface area contributed by atoms with Crippen LogP contribution in [-0.4, -0.2) is 19.7 Å². The first-order chi connectivity index (χ1) is 6.74. The number of aryl methyl sites for hydroxylation is 1. The number of rotatable bonds is 3. The summed E-state index contributed by atoms with van der Waals surface area (Å²) in [6, 6.07) is 4.78. The Balaban J connectivity index is 1.94. The molecule has 0 atom stereocenters. The minimum absolute atomic E-state index is 0.230. The van der Waals surface area contributed by atoms with Crippen LogP contribution in [0.5, 0.6) is 5.75 Å². The molecule has 0 bridgehead atoms. The summed E-state index contributed by atoms with van der Waals surface area (Å²) in [6.07, 6.45) is 0. The second-order valence-corrected chi connectivity index (χ2v) is 3.80. The third-order valence-electron chi connectivity index (χ3n) is 2.37. The van der Waals surface area contributed by atoms with Gasteiger partial charge in [0.15, 0.2) is 0 Å². The van der Waals surface area contributed by atoms with Crippen molar-refractivity contribution in [3.63, 3.8) is 0 Å². The van der Waals surface area contributed by atoms with Crippen LogP contribution < -0.4 is 10.1 Å². The van der Waals surface area contributed by atoms with Gasteiger partial charge in [0.1, 0.15) is 11.6 Å². The lowest BCUT2D eigenvalue weighted by Gasteiger charge is -2.26. The smallest absolute Gasteiger partial charge is 0.127 e. The Labute approximate surface area is 83.1 Å². The molecule has 1 aromatic carbocycles. The van der Waals surface area contributed by atoms with Crippen LogP contribution in [0.15, 0.2) is 18.2 Å². The molecule has 1 aliphatic heterocycles. The molecule has 76 valence electrons. The summed E-state index contributed by atoms with van der Waals surface area (Å²) >= 11 is 0. The molecule has 1 fully saturated rings. The molecule has 0 aromatic heterocycles. The van der Waals surface area contributed by atoms with Crippen LogP contribution in [0.1, 0.15) is 5.56 Å². The second-order valence-electron chi connectivity index (χ2n) is 3.80. The number of nitrogens with one attached hydrogen (secondary N) is 1. The molecule has 1 saturated heterocycles. The minimum atomic E-state index is -0.230. The van der Waals surface area contributed by atoms with E-state index >= 15 is 0 Å². The number of hydrogen-bond donors (Lipinski definition) is 1. The predicted molar refractivity (Wildman–Crippen MR) is 53.0 cm³/mol. The molecule has 1 aliphatic rings. The van der Waals surface area contributed by atoms with Gasteiger partial charge in [-0.15, -0.1) is 0 Å². The van der Waals surface area contributed by atoms with E-state index in [1.165, 1.54) is 12.1 Å². The van der Waals surface area contributed by atoms with Crippen molar-refractivity contribution in [3.8, 4) is 5.75 Å². The average Bonchev–Trinajstić information content (AvgIpc) is 1.99. The first-order valence-electron chi connectivity index (χ1n) is 4.85. The van der Waals surface area contributed by atoms with Crippen LogP contribution in [0.25, 0.3) is 0 Å². The first kappa shape index (κ1) is 9.46. The first-order valence-corrected chi connectivity index (χ1v) is 4.85. The highest BCUT2D eigenvalue weighted by molar-refractivity contribution is 5.28. The summed E-state index contributed by atoms with van der Waals surface area (Å²) < 4.78 is 18.4. The quantitative estimate of drug-likeness (QED) is 0.793. The maximum atomic E-state index is 13.0. The third kappa shape index (κ3) is 2.23. The van der Waals surface area contributed by atoms with Gasteiger partial charge < -0.3 is 10.1 Å². The highest BCUT2D eigenvalue weighted by Gasteiger charge is 2.17. The summed E-state index contributed by atoms with van der Waals surface area (Å²) in [5.41, 5.74) is 0.895. The van der Waals surface area contributed by atoms with Gasteiger partial charge in [0, 0.05) is 25.1 Å². The topological polar surface area (TPSA) is 21.3 Å². The van der Waals surface area contributed by atoms with Crippen LogP contribution in [-0.2, 0) is 0 Å². The van der Waals surface area contributed by atoms with E-state index in [2.05, 4.69) is 5.32 Å². The molecule has 1 N–H and O–H groups in total. The molecule has 0 unspecified atom stereocenters. The Bertz CT molecular complexity index is 303. The fourth-order valence-corrected chi connectivity index (χ4v) is 1.47. The van der Waals surface area contributed by atoms with E-state index in [4.69, 9.17) is 4.74 Å². The fraction of sp³-hybridized carbons (Fsp3) is 0.455. The van der Waals surface area contributed by atoms with E-state index in [1.54, 1.807) is 0 Å². The van der Waals surface area contributed by atoms with Crippen molar-refractivity contribution in [2.24, 2.45) is 5.92 Å². The standard InChI is InChI=1S/C11H14FNO/c1-8-2-10(12)4-11(3-8)14-7-9-5-13-6-9/h2-4,9,13H,5-7H2,1H3. The Morgan fingerprint density at radius 1 is 1.43 bits per heavy atom. The molecule has 1 aromatic rings.